The molecule has 0 aromatic rings. The van der Waals surface area contributed by atoms with Crippen molar-refractivity contribution in [3.63, 3.8) is 0 Å². The quantitative estimate of drug-likeness (QED) is 0.512. The highest BCUT2D eigenvalue weighted by atomic mass is 32.2. The molecule has 3 nitrogen and oxygen atoms in total. The van der Waals surface area contributed by atoms with Gasteiger partial charge in [0.2, 0.25) is 0 Å². The monoisotopic (exact) mass is 127 g/mol. The van der Waals surface area contributed by atoms with Crippen molar-refractivity contribution in [2.75, 3.05) is 0 Å². The van der Waals surface area contributed by atoms with E-state index in [9.17, 15) is 4.79 Å². The minimum Gasteiger partial charge on any atom is -0.342 e. The molecule has 8 heavy (non-hydrogen) atoms. The highest BCUT2D eigenvalue weighted by molar-refractivity contribution is 8.01. The number of hydrogen-bond donors (Lipinski definition) is 1. The standard InChI is InChI=1S/C4H3N2OS/c7-3-4-5-1-2-8-6-4/h1-2H,(H,5,6). The molecule has 1 radical (unpaired) electrons. The van der Waals surface area contributed by atoms with Crippen LogP contribution >= 0.6 is 11.9 Å². The lowest BCUT2D eigenvalue weighted by molar-refractivity contribution is 0.566. The smallest absolute Gasteiger partial charge is 0.272 e. The van der Waals surface area contributed by atoms with E-state index in [4.69, 9.17) is 0 Å². The van der Waals surface area contributed by atoms with E-state index in [-0.39, 0.29) is 5.84 Å². The molecule has 0 saturated heterocycles. The Hall–Kier alpha value is -0.770. The zero-order chi connectivity index (χ0) is 5.82. The Morgan fingerprint density at radius 3 is 3.12 bits per heavy atom. The molecule has 41 valence electrons. The lowest BCUT2D eigenvalue weighted by Crippen LogP contribution is -2.18. The highest BCUT2D eigenvalue weighted by Gasteiger charge is 1.95. The Balaban J connectivity index is 2.55. The summed E-state index contributed by atoms with van der Waals surface area (Å²) in [5.41, 5.74) is 0. The summed E-state index contributed by atoms with van der Waals surface area (Å²) in [7, 11) is 0. The van der Waals surface area contributed by atoms with Crippen molar-refractivity contribution in [1.82, 2.24) is 5.32 Å². The summed E-state index contributed by atoms with van der Waals surface area (Å²) in [4.78, 5) is 9.79. The first-order valence-corrected chi connectivity index (χ1v) is 2.80. The summed E-state index contributed by atoms with van der Waals surface area (Å²) in [6.45, 7) is 0. The Morgan fingerprint density at radius 2 is 2.75 bits per heavy atom. The van der Waals surface area contributed by atoms with E-state index in [2.05, 4.69) is 9.71 Å². The third kappa shape index (κ3) is 1.10. The van der Waals surface area contributed by atoms with Crippen molar-refractivity contribution >= 4 is 24.1 Å². The van der Waals surface area contributed by atoms with Crippen molar-refractivity contribution < 1.29 is 4.79 Å². The molecule has 0 aromatic heterocycles. The van der Waals surface area contributed by atoms with Gasteiger partial charge in [0.1, 0.15) is 0 Å². The van der Waals surface area contributed by atoms with Gasteiger partial charge in [-0.05, 0) is 0 Å². The van der Waals surface area contributed by atoms with E-state index in [0.29, 0.717) is 0 Å². The van der Waals surface area contributed by atoms with Gasteiger partial charge in [-0.3, -0.25) is 4.79 Å². The van der Waals surface area contributed by atoms with Gasteiger partial charge in [0.15, 0.2) is 5.84 Å². The molecular weight excluding hydrogens is 124 g/mol. The first-order valence-electron chi connectivity index (χ1n) is 1.97. The average molecular weight is 127 g/mol. The van der Waals surface area contributed by atoms with Gasteiger partial charge in [-0.25, -0.2) is 0 Å². The predicted molar refractivity (Wildman–Crippen MR) is 33.0 cm³/mol. The SMILES string of the molecule is O=[C]C1=NSC=CN1. The van der Waals surface area contributed by atoms with Gasteiger partial charge in [0.05, 0.1) is 0 Å². The fourth-order valence-electron chi connectivity index (χ4n) is 0.301. The van der Waals surface area contributed by atoms with Crippen molar-refractivity contribution in [1.29, 1.82) is 0 Å². The van der Waals surface area contributed by atoms with Crippen LogP contribution < -0.4 is 5.32 Å². The first-order chi connectivity index (χ1) is 3.93. The highest BCUT2D eigenvalue weighted by Crippen LogP contribution is 2.05. The Morgan fingerprint density at radius 1 is 1.88 bits per heavy atom. The van der Waals surface area contributed by atoms with Crippen molar-refractivity contribution in [2.45, 2.75) is 0 Å². The van der Waals surface area contributed by atoms with Crippen LogP contribution in [0.25, 0.3) is 0 Å². The second-order valence-corrected chi connectivity index (χ2v) is 1.76. The molecule has 0 bridgehead atoms. The maximum atomic E-state index is 9.79. The molecule has 0 aromatic carbocycles. The van der Waals surface area contributed by atoms with Crippen LogP contribution in [0.1, 0.15) is 0 Å². The fourth-order valence-corrected chi connectivity index (χ4v) is 0.686. The summed E-state index contributed by atoms with van der Waals surface area (Å²) < 4.78 is 3.66. The zero-order valence-corrected chi connectivity index (χ0v) is 4.73. The summed E-state index contributed by atoms with van der Waals surface area (Å²) in [6, 6.07) is 0. The average Bonchev–Trinajstić information content (AvgIpc) is 1.90. The molecule has 1 rings (SSSR count). The number of rotatable bonds is 1. The Kier molecular flexibility index (Phi) is 1.69. The number of hydrogen-bond acceptors (Lipinski definition) is 4. The van der Waals surface area contributed by atoms with Crippen LogP contribution in [0.5, 0.6) is 0 Å². The summed E-state index contributed by atoms with van der Waals surface area (Å²) in [5, 5.41) is 4.33. The summed E-state index contributed by atoms with van der Waals surface area (Å²) in [5.74, 6) is 0.248. The van der Waals surface area contributed by atoms with E-state index in [0.717, 1.165) is 0 Å². The predicted octanol–water partition coefficient (Wildman–Crippen LogP) is 0.217. The Labute approximate surface area is 51.0 Å². The molecule has 4 heteroatoms. The number of amidine groups is 1. The largest absolute Gasteiger partial charge is 0.342 e. The molecule has 1 heterocycles. The van der Waals surface area contributed by atoms with E-state index in [1.54, 1.807) is 17.9 Å². The van der Waals surface area contributed by atoms with E-state index in [1.165, 1.54) is 11.9 Å². The molecule has 0 saturated carbocycles. The van der Waals surface area contributed by atoms with Gasteiger partial charge in [0.25, 0.3) is 6.29 Å². The zero-order valence-electron chi connectivity index (χ0n) is 3.92. The van der Waals surface area contributed by atoms with Gasteiger partial charge in [0, 0.05) is 23.6 Å². The maximum Gasteiger partial charge on any atom is 0.272 e. The molecule has 0 aliphatic carbocycles. The summed E-state index contributed by atoms with van der Waals surface area (Å²) >= 11 is 1.21. The second-order valence-electron chi connectivity index (χ2n) is 1.09. The number of nitrogens with one attached hydrogen (secondary N) is 1. The number of nitrogens with zero attached hydrogens (tertiary/aromatic N) is 1. The van der Waals surface area contributed by atoms with Crippen LogP contribution in [0.4, 0.5) is 0 Å². The van der Waals surface area contributed by atoms with Crippen LogP contribution in [-0.4, -0.2) is 12.1 Å². The van der Waals surface area contributed by atoms with Gasteiger partial charge >= 0.3 is 0 Å². The van der Waals surface area contributed by atoms with Crippen molar-refractivity contribution in [3.05, 3.63) is 11.6 Å². The minimum atomic E-state index is 0.248. The molecule has 1 N–H and O–H groups in total. The molecular formula is C4H3N2OS. The van der Waals surface area contributed by atoms with Gasteiger partial charge in [-0.15, -0.1) is 0 Å². The van der Waals surface area contributed by atoms with Gasteiger partial charge in [-0.2, -0.15) is 4.40 Å². The van der Waals surface area contributed by atoms with Crippen LogP contribution in [0.15, 0.2) is 16.0 Å². The third-order valence-corrected chi connectivity index (χ3v) is 1.14. The number of carbonyl (C=O) groups excluding carboxylic acids is 1. The maximum absolute atomic E-state index is 9.79. The van der Waals surface area contributed by atoms with E-state index < -0.39 is 0 Å². The molecule has 0 spiro atoms. The van der Waals surface area contributed by atoms with Gasteiger partial charge in [-0.1, -0.05) is 0 Å². The van der Waals surface area contributed by atoms with Crippen LogP contribution in [0.3, 0.4) is 0 Å². The van der Waals surface area contributed by atoms with Crippen molar-refractivity contribution in [2.24, 2.45) is 4.40 Å². The molecule has 1 aliphatic heterocycles. The van der Waals surface area contributed by atoms with E-state index >= 15 is 0 Å². The van der Waals surface area contributed by atoms with Crippen LogP contribution in [0.2, 0.25) is 0 Å². The third-order valence-electron chi connectivity index (χ3n) is 0.590. The fraction of sp³-hybridized carbons (Fsp3) is 0. The first kappa shape index (κ1) is 5.37. The minimum absolute atomic E-state index is 0.248. The molecule has 1 aliphatic rings. The second kappa shape index (κ2) is 2.52. The van der Waals surface area contributed by atoms with Gasteiger partial charge < -0.3 is 5.32 Å². The topological polar surface area (TPSA) is 41.5 Å². The molecule has 0 amide bonds. The van der Waals surface area contributed by atoms with Crippen molar-refractivity contribution in [3.8, 4) is 0 Å². The van der Waals surface area contributed by atoms with Crippen LogP contribution in [-0.2, 0) is 4.79 Å². The summed E-state index contributed by atoms with van der Waals surface area (Å²) in [6.07, 6.45) is 3.26. The normalized spacial score (nSPS) is 16.8. The lowest BCUT2D eigenvalue weighted by atomic mass is 10.6. The Bertz CT molecular complexity index is 152. The molecule has 0 atom stereocenters. The molecule has 0 unspecified atom stereocenters. The lowest BCUT2D eigenvalue weighted by Gasteiger charge is -1.98. The van der Waals surface area contributed by atoms with E-state index in [1.807, 2.05) is 0 Å². The van der Waals surface area contributed by atoms with Crippen LogP contribution in [0, 0.1) is 0 Å². The molecule has 0 fully saturated rings.